The van der Waals surface area contributed by atoms with E-state index in [0.717, 1.165) is 11.1 Å². The van der Waals surface area contributed by atoms with Crippen LogP contribution in [-0.2, 0) is 0 Å². The Hall–Kier alpha value is -1.39. The van der Waals surface area contributed by atoms with E-state index in [-0.39, 0.29) is 16.1 Å². The highest BCUT2D eigenvalue weighted by molar-refractivity contribution is 6.35. The summed E-state index contributed by atoms with van der Waals surface area (Å²) in [6, 6.07) is 4.04. The van der Waals surface area contributed by atoms with Crippen molar-refractivity contribution in [2.24, 2.45) is 0 Å². The molecule has 2 aromatic rings. The van der Waals surface area contributed by atoms with Crippen molar-refractivity contribution in [1.82, 2.24) is 15.4 Å². The lowest BCUT2D eigenvalue weighted by Crippen LogP contribution is -1.97. The lowest BCUT2D eigenvalue weighted by atomic mass is 10.1. The largest absolute Gasteiger partial charge is 0.450 e. The van der Waals surface area contributed by atoms with Crippen LogP contribution in [0.4, 0.5) is 0 Å². The first-order valence-corrected chi connectivity index (χ1v) is 6.04. The molecule has 0 aliphatic rings. The Morgan fingerprint density at radius 3 is 1.89 bits per heavy atom. The van der Waals surface area contributed by atoms with Gasteiger partial charge in [-0.1, -0.05) is 40.9 Å². The molecule has 0 radical (unpaired) electrons. The second-order valence-corrected chi connectivity index (χ2v) is 4.75. The first-order chi connectivity index (χ1) is 8.49. The number of ether oxygens (including phenoxy) is 1. The zero-order valence-electron chi connectivity index (χ0n) is 10.2. The highest BCUT2D eigenvalue weighted by atomic mass is 35.5. The van der Waals surface area contributed by atoms with E-state index in [2.05, 4.69) is 15.4 Å². The Bertz CT molecular complexity index is 559. The third-order valence-corrected chi connectivity index (χ3v) is 2.94. The standard InChI is InChI=1S/C12H11Cl2N3O/c1-6-4-7(2)9(8(3)5-6)18-10-11(13)15-17-16-12(10)14/h4-5H,1-3H3. The van der Waals surface area contributed by atoms with E-state index in [1.165, 1.54) is 5.56 Å². The van der Waals surface area contributed by atoms with Crippen molar-refractivity contribution in [3.8, 4) is 11.5 Å². The Labute approximate surface area is 115 Å². The van der Waals surface area contributed by atoms with Crippen LogP contribution in [0.5, 0.6) is 11.5 Å². The summed E-state index contributed by atoms with van der Waals surface area (Å²) in [5.41, 5.74) is 3.16. The van der Waals surface area contributed by atoms with Crippen molar-refractivity contribution in [2.45, 2.75) is 20.8 Å². The summed E-state index contributed by atoms with van der Waals surface area (Å²) in [6.45, 7) is 5.94. The van der Waals surface area contributed by atoms with Crippen LogP contribution in [-0.4, -0.2) is 15.4 Å². The summed E-state index contributed by atoms with van der Waals surface area (Å²) in [6.07, 6.45) is 0. The van der Waals surface area contributed by atoms with E-state index in [4.69, 9.17) is 27.9 Å². The van der Waals surface area contributed by atoms with Gasteiger partial charge in [0.05, 0.1) is 0 Å². The van der Waals surface area contributed by atoms with Gasteiger partial charge in [0.15, 0.2) is 10.3 Å². The maximum Gasteiger partial charge on any atom is 0.205 e. The molecule has 1 heterocycles. The Morgan fingerprint density at radius 2 is 1.39 bits per heavy atom. The van der Waals surface area contributed by atoms with Crippen LogP contribution in [0.25, 0.3) is 0 Å². The third-order valence-electron chi connectivity index (χ3n) is 2.45. The van der Waals surface area contributed by atoms with Crippen LogP contribution in [0.1, 0.15) is 16.7 Å². The second-order valence-electron chi connectivity index (χ2n) is 4.03. The summed E-state index contributed by atoms with van der Waals surface area (Å²) in [7, 11) is 0. The van der Waals surface area contributed by atoms with Crippen molar-refractivity contribution in [3.05, 3.63) is 39.1 Å². The van der Waals surface area contributed by atoms with Gasteiger partial charge >= 0.3 is 0 Å². The van der Waals surface area contributed by atoms with Gasteiger partial charge in [0.25, 0.3) is 0 Å². The number of benzene rings is 1. The van der Waals surface area contributed by atoms with Gasteiger partial charge in [0.2, 0.25) is 5.75 Å². The molecule has 0 saturated heterocycles. The van der Waals surface area contributed by atoms with Crippen LogP contribution in [0, 0.1) is 20.8 Å². The molecule has 0 bridgehead atoms. The maximum atomic E-state index is 5.89. The second kappa shape index (κ2) is 5.08. The number of hydrogen-bond donors (Lipinski definition) is 0. The molecule has 0 atom stereocenters. The average molecular weight is 284 g/mol. The molecule has 2 rings (SSSR count). The molecule has 1 aromatic heterocycles. The first-order valence-electron chi connectivity index (χ1n) is 5.29. The van der Waals surface area contributed by atoms with Crippen molar-refractivity contribution in [2.75, 3.05) is 0 Å². The molecule has 0 N–H and O–H groups in total. The van der Waals surface area contributed by atoms with Gasteiger partial charge in [-0.2, -0.15) is 0 Å². The molecule has 0 aliphatic carbocycles. The minimum atomic E-state index is 0.0920. The van der Waals surface area contributed by atoms with Crippen molar-refractivity contribution in [3.63, 3.8) is 0 Å². The van der Waals surface area contributed by atoms with Crippen LogP contribution in [0.3, 0.4) is 0 Å². The predicted molar refractivity (Wildman–Crippen MR) is 70.6 cm³/mol. The van der Waals surface area contributed by atoms with E-state index in [1.54, 1.807) is 0 Å². The molecule has 0 spiro atoms. The summed E-state index contributed by atoms with van der Waals surface area (Å²) in [5.74, 6) is 0.933. The van der Waals surface area contributed by atoms with Gasteiger partial charge < -0.3 is 4.74 Å². The van der Waals surface area contributed by atoms with E-state index >= 15 is 0 Å². The normalized spacial score (nSPS) is 10.5. The molecule has 0 fully saturated rings. The molecule has 0 unspecified atom stereocenters. The lowest BCUT2D eigenvalue weighted by molar-refractivity contribution is 0.466. The quantitative estimate of drug-likeness (QED) is 0.839. The van der Waals surface area contributed by atoms with Gasteiger partial charge in [0.1, 0.15) is 5.75 Å². The molecule has 0 aliphatic heterocycles. The SMILES string of the molecule is Cc1cc(C)c(Oc2c(Cl)nnnc2Cl)c(C)c1. The van der Waals surface area contributed by atoms with Gasteiger partial charge in [-0.3, -0.25) is 0 Å². The smallest absolute Gasteiger partial charge is 0.205 e. The number of nitrogens with zero attached hydrogens (tertiary/aromatic N) is 3. The fourth-order valence-corrected chi connectivity index (χ4v) is 2.16. The molecule has 94 valence electrons. The van der Waals surface area contributed by atoms with Crippen molar-refractivity contribution in [1.29, 1.82) is 0 Å². The van der Waals surface area contributed by atoms with Gasteiger partial charge in [-0.25, -0.2) is 0 Å². The van der Waals surface area contributed by atoms with Gasteiger partial charge in [-0.05, 0) is 37.1 Å². The minimum Gasteiger partial charge on any atom is -0.450 e. The van der Waals surface area contributed by atoms with Crippen LogP contribution < -0.4 is 4.74 Å². The van der Waals surface area contributed by atoms with Crippen molar-refractivity contribution < 1.29 is 4.74 Å². The number of rotatable bonds is 2. The fourth-order valence-electron chi connectivity index (χ4n) is 1.79. The molecule has 0 amide bonds. The van der Waals surface area contributed by atoms with Gasteiger partial charge in [-0.15, -0.1) is 10.2 Å². The van der Waals surface area contributed by atoms with E-state index in [0.29, 0.717) is 5.75 Å². The monoisotopic (exact) mass is 283 g/mol. The van der Waals surface area contributed by atoms with E-state index < -0.39 is 0 Å². The topological polar surface area (TPSA) is 47.9 Å². The fraction of sp³-hybridized carbons (Fsp3) is 0.250. The minimum absolute atomic E-state index is 0.0920. The Morgan fingerprint density at radius 1 is 0.889 bits per heavy atom. The highest BCUT2D eigenvalue weighted by Gasteiger charge is 2.14. The molecule has 6 heteroatoms. The molecule has 0 saturated carbocycles. The Kier molecular flexibility index (Phi) is 3.68. The highest BCUT2D eigenvalue weighted by Crippen LogP contribution is 2.36. The number of hydrogen-bond acceptors (Lipinski definition) is 4. The molecule has 18 heavy (non-hydrogen) atoms. The number of aryl methyl sites for hydroxylation is 3. The molecule has 4 nitrogen and oxygen atoms in total. The summed E-state index contributed by atoms with van der Waals surface area (Å²) >= 11 is 11.8. The molecular formula is C12H11Cl2N3O. The van der Waals surface area contributed by atoms with Crippen LogP contribution >= 0.6 is 23.2 Å². The summed E-state index contributed by atoms with van der Waals surface area (Å²) in [4.78, 5) is 0. The average Bonchev–Trinajstić information content (AvgIpc) is 2.26. The first kappa shape index (κ1) is 13.1. The Balaban J connectivity index is 2.47. The number of halogens is 2. The van der Waals surface area contributed by atoms with Crippen molar-refractivity contribution >= 4 is 23.2 Å². The summed E-state index contributed by atoms with van der Waals surface area (Å²) < 4.78 is 5.73. The lowest BCUT2D eigenvalue weighted by Gasteiger charge is -2.13. The zero-order chi connectivity index (χ0) is 13.3. The molecule has 1 aromatic carbocycles. The predicted octanol–water partition coefficient (Wildman–Crippen LogP) is 3.90. The zero-order valence-corrected chi connectivity index (χ0v) is 11.7. The van der Waals surface area contributed by atoms with Crippen LogP contribution in [0.2, 0.25) is 10.3 Å². The molecular weight excluding hydrogens is 273 g/mol. The van der Waals surface area contributed by atoms with E-state index in [1.807, 2.05) is 32.9 Å². The maximum absolute atomic E-state index is 5.89. The third kappa shape index (κ3) is 2.54. The van der Waals surface area contributed by atoms with Gasteiger partial charge in [0, 0.05) is 0 Å². The summed E-state index contributed by atoms with van der Waals surface area (Å²) in [5, 5.41) is 10.8. The van der Waals surface area contributed by atoms with E-state index in [9.17, 15) is 0 Å². The van der Waals surface area contributed by atoms with Crippen LogP contribution in [0.15, 0.2) is 12.1 Å². The number of aromatic nitrogens is 3.